The highest BCUT2D eigenvalue weighted by molar-refractivity contribution is 5.08. The Hall–Kier alpha value is -0.0800. The molecule has 0 aromatic heterocycles. The van der Waals surface area contributed by atoms with Crippen LogP contribution in [0, 0.1) is 40.9 Å². The number of aliphatic hydroxyl groups is 2. The topological polar surface area (TPSA) is 40.5 Å². The first kappa shape index (κ1) is 17.3. The maximum atomic E-state index is 10.5. The predicted octanol–water partition coefficient (Wildman–Crippen LogP) is 4.78. The third-order valence-corrected chi connectivity index (χ3v) is 9.26. The summed E-state index contributed by atoms with van der Waals surface area (Å²) in [4.78, 5) is 0. The Kier molecular flexibility index (Phi) is 4.32. The molecule has 24 heavy (non-hydrogen) atoms. The molecule has 0 bridgehead atoms. The molecule has 0 radical (unpaired) electrons. The fraction of sp³-hybridized carbons (Fsp3) is 1.00. The van der Waals surface area contributed by atoms with Crippen LogP contribution in [0.3, 0.4) is 0 Å². The van der Waals surface area contributed by atoms with Gasteiger partial charge in [-0.1, -0.05) is 6.92 Å². The van der Waals surface area contributed by atoms with Crippen molar-refractivity contribution in [2.75, 3.05) is 0 Å². The van der Waals surface area contributed by atoms with Crippen molar-refractivity contribution in [2.24, 2.45) is 40.9 Å². The van der Waals surface area contributed by atoms with E-state index < -0.39 is 5.60 Å². The standard InChI is InChI=1S/C22H38O2/c1-4-22-12-10-17-16-9-11-21(3,24)13-15(16)5-6-18(17)20(22)8-7-19(22)14(2)23/h14-20,23-24H,4-13H2,1-3H3/t14?,15-,16?,17-,18-,19-,20+,21-,22-/m1/s1. The average molecular weight is 335 g/mol. The van der Waals surface area contributed by atoms with Crippen LogP contribution in [0.4, 0.5) is 0 Å². The van der Waals surface area contributed by atoms with Gasteiger partial charge in [0.15, 0.2) is 0 Å². The maximum Gasteiger partial charge on any atom is 0.0622 e. The van der Waals surface area contributed by atoms with Crippen LogP contribution in [0.15, 0.2) is 0 Å². The van der Waals surface area contributed by atoms with Crippen LogP contribution in [-0.4, -0.2) is 21.9 Å². The molecule has 4 aliphatic carbocycles. The van der Waals surface area contributed by atoms with Gasteiger partial charge in [0.1, 0.15) is 0 Å². The first-order chi connectivity index (χ1) is 11.4. The summed E-state index contributed by atoms with van der Waals surface area (Å²) in [6, 6.07) is 0. The van der Waals surface area contributed by atoms with Gasteiger partial charge in [-0.15, -0.1) is 0 Å². The minimum atomic E-state index is -0.402. The van der Waals surface area contributed by atoms with Gasteiger partial charge in [0, 0.05) is 0 Å². The Morgan fingerprint density at radius 1 is 0.958 bits per heavy atom. The van der Waals surface area contributed by atoms with Gasteiger partial charge in [-0.3, -0.25) is 0 Å². The van der Waals surface area contributed by atoms with Crippen molar-refractivity contribution in [3.05, 3.63) is 0 Å². The zero-order chi connectivity index (χ0) is 17.1. The average Bonchev–Trinajstić information content (AvgIpc) is 2.93. The van der Waals surface area contributed by atoms with Crippen LogP contribution >= 0.6 is 0 Å². The molecule has 2 unspecified atom stereocenters. The van der Waals surface area contributed by atoms with E-state index >= 15 is 0 Å². The first-order valence-corrected chi connectivity index (χ1v) is 10.8. The molecule has 0 amide bonds. The molecule has 2 N–H and O–H groups in total. The molecule has 4 fully saturated rings. The summed E-state index contributed by atoms with van der Waals surface area (Å²) >= 11 is 0. The second kappa shape index (κ2) is 5.98. The molecule has 4 rings (SSSR count). The third-order valence-electron chi connectivity index (χ3n) is 9.26. The first-order valence-electron chi connectivity index (χ1n) is 10.8. The summed E-state index contributed by atoms with van der Waals surface area (Å²) in [6.07, 6.45) is 12.5. The van der Waals surface area contributed by atoms with Gasteiger partial charge in [-0.05, 0) is 119 Å². The van der Waals surface area contributed by atoms with Crippen molar-refractivity contribution in [3.8, 4) is 0 Å². The fourth-order valence-electron chi connectivity index (χ4n) is 8.36. The number of fused-ring (bicyclic) bond motifs is 5. The molecule has 2 heteroatoms. The number of hydrogen-bond donors (Lipinski definition) is 2. The zero-order valence-corrected chi connectivity index (χ0v) is 16.0. The van der Waals surface area contributed by atoms with Gasteiger partial charge in [0.25, 0.3) is 0 Å². The molecule has 0 saturated heterocycles. The summed E-state index contributed by atoms with van der Waals surface area (Å²) in [7, 11) is 0. The Morgan fingerprint density at radius 3 is 2.42 bits per heavy atom. The van der Waals surface area contributed by atoms with Gasteiger partial charge in [0.2, 0.25) is 0 Å². The predicted molar refractivity (Wildman–Crippen MR) is 97.5 cm³/mol. The van der Waals surface area contributed by atoms with Gasteiger partial charge in [-0.2, -0.15) is 0 Å². The highest BCUT2D eigenvalue weighted by Gasteiger charge is 2.59. The fourth-order valence-corrected chi connectivity index (χ4v) is 8.36. The summed E-state index contributed by atoms with van der Waals surface area (Å²) in [5, 5.41) is 20.9. The molecular weight excluding hydrogens is 296 g/mol. The molecule has 0 aromatic carbocycles. The normalized spacial score (nSPS) is 55.4. The van der Waals surface area contributed by atoms with Crippen molar-refractivity contribution >= 4 is 0 Å². The van der Waals surface area contributed by atoms with E-state index in [0.29, 0.717) is 11.3 Å². The molecular formula is C22H38O2. The largest absolute Gasteiger partial charge is 0.393 e. The van der Waals surface area contributed by atoms with E-state index in [2.05, 4.69) is 13.8 Å². The van der Waals surface area contributed by atoms with Gasteiger partial charge >= 0.3 is 0 Å². The van der Waals surface area contributed by atoms with Crippen molar-refractivity contribution < 1.29 is 10.2 Å². The molecule has 4 aliphatic rings. The SMILES string of the molecule is CC[C@]12CC[C@@H]3C4CC[C@@](C)(O)C[C@H]4CC[C@H]3[C@@H]1CC[C@@H]2C(C)O. The smallest absolute Gasteiger partial charge is 0.0622 e. The van der Waals surface area contributed by atoms with E-state index in [9.17, 15) is 10.2 Å². The minimum Gasteiger partial charge on any atom is -0.393 e. The molecule has 2 nitrogen and oxygen atoms in total. The lowest BCUT2D eigenvalue weighted by Gasteiger charge is -2.58. The Morgan fingerprint density at radius 2 is 1.71 bits per heavy atom. The van der Waals surface area contributed by atoms with Gasteiger partial charge < -0.3 is 10.2 Å². The molecule has 0 aromatic rings. The van der Waals surface area contributed by atoms with E-state index in [-0.39, 0.29) is 6.10 Å². The molecule has 0 spiro atoms. The van der Waals surface area contributed by atoms with E-state index in [1.54, 1.807) is 0 Å². The van der Waals surface area contributed by atoms with Crippen LogP contribution in [-0.2, 0) is 0 Å². The van der Waals surface area contributed by atoms with Crippen molar-refractivity contribution in [3.63, 3.8) is 0 Å². The summed E-state index contributed by atoms with van der Waals surface area (Å²) in [5.74, 6) is 4.88. The van der Waals surface area contributed by atoms with Crippen LogP contribution < -0.4 is 0 Å². The monoisotopic (exact) mass is 334 g/mol. The van der Waals surface area contributed by atoms with E-state index in [4.69, 9.17) is 0 Å². The second-order valence-electron chi connectivity index (χ2n) is 10.2. The lowest BCUT2D eigenvalue weighted by molar-refractivity contribution is -0.112. The van der Waals surface area contributed by atoms with E-state index in [0.717, 1.165) is 42.4 Å². The number of hydrogen-bond acceptors (Lipinski definition) is 2. The lowest BCUT2D eigenvalue weighted by atomic mass is 9.48. The Labute approximate surface area is 148 Å². The molecule has 0 aliphatic heterocycles. The highest BCUT2D eigenvalue weighted by Crippen LogP contribution is 2.66. The Balaban J connectivity index is 1.57. The van der Waals surface area contributed by atoms with Crippen molar-refractivity contribution in [2.45, 2.75) is 96.7 Å². The van der Waals surface area contributed by atoms with Crippen LogP contribution in [0.5, 0.6) is 0 Å². The summed E-state index contributed by atoms with van der Waals surface area (Å²) in [6.45, 7) is 6.48. The summed E-state index contributed by atoms with van der Waals surface area (Å²) in [5.41, 5.74) is 0.0307. The molecule has 4 saturated carbocycles. The van der Waals surface area contributed by atoms with E-state index in [1.807, 2.05) is 6.92 Å². The summed E-state index contributed by atoms with van der Waals surface area (Å²) < 4.78 is 0. The van der Waals surface area contributed by atoms with Crippen LogP contribution in [0.1, 0.15) is 85.0 Å². The molecule has 138 valence electrons. The quantitative estimate of drug-likeness (QED) is 0.763. The highest BCUT2D eigenvalue weighted by atomic mass is 16.3. The van der Waals surface area contributed by atoms with Gasteiger partial charge in [0.05, 0.1) is 11.7 Å². The number of aliphatic hydroxyl groups excluding tert-OH is 1. The Bertz CT molecular complexity index is 471. The van der Waals surface area contributed by atoms with Crippen LogP contribution in [0.25, 0.3) is 0 Å². The zero-order valence-electron chi connectivity index (χ0n) is 16.0. The number of rotatable bonds is 2. The molecule has 0 heterocycles. The minimum absolute atomic E-state index is 0.132. The lowest BCUT2D eigenvalue weighted by Crippen LogP contribution is -2.51. The van der Waals surface area contributed by atoms with Crippen molar-refractivity contribution in [1.29, 1.82) is 0 Å². The van der Waals surface area contributed by atoms with E-state index in [1.165, 1.54) is 51.4 Å². The van der Waals surface area contributed by atoms with Crippen LogP contribution in [0.2, 0.25) is 0 Å². The maximum absolute atomic E-state index is 10.5. The third kappa shape index (κ3) is 2.50. The van der Waals surface area contributed by atoms with Crippen molar-refractivity contribution in [1.82, 2.24) is 0 Å². The molecule has 9 atom stereocenters. The van der Waals surface area contributed by atoms with Gasteiger partial charge in [-0.25, -0.2) is 0 Å². The second-order valence-corrected chi connectivity index (χ2v) is 10.2.